The molecule has 4 rings (SSSR count). The Bertz CT molecular complexity index is 744. The summed E-state index contributed by atoms with van der Waals surface area (Å²) in [5, 5.41) is 0. The molecule has 2 fully saturated rings. The fourth-order valence-corrected chi connectivity index (χ4v) is 4.12. The molecule has 0 bridgehead atoms. The number of hydrogen-bond acceptors (Lipinski definition) is 4. The summed E-state index contributed by atoms with van der Waals surface area (Å²) in [5.74, 6) is 1.68. The number of ether oxygens (including phenoxy) is 1. The maximum absolute atomic E-state index is 12.8. The SMILES string of the molecule is C[C@]1(C(=O)N2CCC(c3nccn3Cc3ccncc3)CC2)CCCO1. The minimum Gasteiger partial charge on any atom is -0.365 e. The first-order valence-corrected chi connectivity index (χ1v) is 9.49. The molecule has 0 aliphatic carbocycles. The lowest BCUT2D eigenvalue weighted by Gasteiger charge is -2.36. The van der Waals surface area contributed by atoms with Crippen molar-refractivity contribution in [2.24, 2.45) is 0 Å². The monoisotopic (exact) mass is 354 g/mol. The average Bonchev–Trinajstić information content (AvgIpc) is 3.32. The molecule has 0 unspecified atom stereocenters. The lowest BCUT2D eigenvalue weighted by Crippen LogP contribution is -2.49. The second kappa shape index (κ2) is 7.19. The maximum Gasteiger partial charge on any atom is 0.254 e. The summed E-state index contributed by atoms with van der Waals surface area (Å²) in [4.78, 5) is 23.5. The quantitative estimate of drug-likeness (QED) is 0.847. The molecule has 6 heteroatoms. The first kappa shape index (κ1) is 17.2. The highest BCUT2D eigenvalue weighted by Gasteiger charge is 2.41. The van der Waals surface area contributed by atoms with Gasteiger partial charge in [-0.2, -0.15) is 0 Å². The molecule has 0 saturated carbocycles. The second-order valence-electron chi connectivity index (χ2n) is 7.52. The molecule has 2 aliphatic rings. The van der Waals surface area contributed by atoms with Gasteiger partial charge in [-0.05, 0) is 50.3 Å². The summed E-state index contributed by atoms with van der Waals surface area (Å²) in [5.41, 5.74) is 0.616. The predicted molar refractivity (Wildman–Crippen MR) is 97.7 cm³/mol. The van der Waals surface area contributed by atoms with Crippen LogP contribution in [-0.4, -0.2) is 50.6 Å². The van der Waals surface area contributed by atoms with Crippen molar-refractivity contribution in [1.29, 1.82) is 0 Å². The Kier molecular flexibility index (Phi) is 4.76. The number of rotatable bonds is 4. The van der Waals surface area contributed by atoms with Gasteiger partial charge in [0.1, 0.15) is 11.4 Å². The van der Waals surface area contributed by atoms with Gasteiger partial charge in [-0.3, -0.25) is 9.78 Å². The first-order chi connectivity index (χ1) is 12.7. The number of carbonyl (C=O) groups is 1. The Morgan fingerprint density at radius 1 is 1.27 bits per heavy atom. The van der Waals surface area contributed by atoms with Crippen molar-refractivity contribution in [3.63, 3.8) is 0 Å². The van der Waals surface area contributed by atoms with Crippen LogP contribution >= 0.6 is 0 Å². The first-order valence-electron chi connectivity index (χ1n) is 9.49. The lowest BCUT2D eigenvalue weighted by molar-refractivity contribution is -0.152. The summed E-state index contributed by atoms with van der Waals surface area (Å²) in [6.07, 6.45) is 11.3. The molecule has 138 valence electrons. The van der Waals surface area contributed by atoms with Crippen molar-refractivity contribution >= 4 is 5.91 Å². The summed E-state index contributed by atoms with van der Waals surface area (Å²) >= 11 is 0. The maximum atomic E-state index is 12.8. The van der Waals surface area contributed by atoms with Gasteiger partial charge in [0, 0.05) is 56.9 Å². The van der Waals surface area contributed by atoms with Crippen molar-refractivity contribution in [3.8, 4) is 0 Å². The Morgan fingerprint density at radius 2 is 2.04 bits per heavy atom. The minimum atomic E-state index is -0.605. The van der Waals surface area contributed by atoms with E-state index in [1.165, 1.54) is 5.56 Å². The van der Waals surface area contributed by atoms with E-state index in [0.29, 0.717) is 12.5 Å². The zero-order valence-electron chi connectivity index (χ0n) is 15.3. The largest absolute Gasteiger partial charge is 0.365 e. The molecule has 2 saturated heterocycles. The van der Waals surface area contributed by atoms with Gasteiger partial charge in [-0.15, -0.1) is 0 Å². The Labute approximate surface area is 154 Å². The molecule has 2 aliphatic heterocycles. The Balaban J connectivity index is 1.40. The Morgan fingerprint density at radius 3 is 2.73 bits per heavy atom. The van der Waals surface area contributed by atoms with E-state index >= 15 is 0 Å². The molecule has 0 N–H and O–H groups in total. The van der Waals surface area contributed by atoms with Gasteiger partial charge in [0.05, 0.1) is 0 Å². The topological polar surface area (TPSA) is 60.2 Å². The van der Waals surface area contributed by atoms with E-state index in [0.717, 1.165) is 51.1 Å². The number of nitrogens with zero attached hydrogens (tertiary/aromatic N) is 4. The molecule has 0 aromatic carbocycles. The van der Waals surface area contributed by atoms with Crippen molar-refractivity contribution in [2.45, 2.75) is 50.7 Å². The van der Waals surface area contributed by atoms with E-state index in [2.05, 4.69) is 14.5 Å². The molecule has 0 spiro atoms. The van der Waals surface area contributed by atoms with Crippen LogP contribution in [0.4, 0.5) is 0 Å². The number of carbonyl (C=O) groups excluding carboxylic acids is 1. The van der Waals surface area contributed by atoms with Crippen molar-refractivity contribution in [2.75, 3.05) is 19.7 Å². The van der Waals surface area contributed by atoms with E-state index in [-0.39, 0.29) is 5.91 Å². The van der Waals surface area contributed by atoms with Crippen LogP contribution in [0.3, 0.4) is 0 Å². The van der Waals surface area contributed by atoms with E-state index < -0.39 is 5.60 Å². The van der Waals surface area contributed by atoms with Gasteiger partial charge in [-0.25, -0.2) is 4.98 Å². The van der Waals surface area contributed by atoms with Crippen LogP contribution in [-0.2, 0) is 16.1 Å². The molecule has 1 amide bonds. The smallest absolute Gasteiger partial charge is 0.254 e. The normalized spacial score (nSPS) is 24.1. The van der Waals surface area contributed by atoms with E-state index in [1.807, 2.05) is 48.7 Å². The van der Waals surface area contributed by atoms with E-state index in [9.17, 15) is 4.79 Å². The third-order valence-electron chi connectivity index (χ3n) is 5.67. The molecule has 2 aromatic rings. The molecular weight excluding hydrogens is 328 g/mol. The van der Waals surface area contributed by atoms with Crippen LogP contribution in [0, 0.1) is 0 Å². The molecular formula is C20H26N4O2. The molecule has 6 nitrogen and oxygen atoms in total. The van der Waals surface area contributed by atoms with Gasteiger partial charge in [0.15, 0.2) is 0 Å². The van der Waals surface area contributed by atoms with Gasteiger partial charge in [0.2, 0.25) is 0 Å². The van der Waals surface area contributed by atoms with Gasteiger partial charge >= 0.3 is 0 Å². The number of likely N-dealkylation sites (tertiary alicyclic amines) is 1. The van der Waals surface area contributed by atoms with E-state index in [1.54, 1.807) is 0 Å². The van der Waals surface area contributed by atoms with Crippen molar-refractivity contribution in [1.82, 2.24) is 19.4 Å². The summed E-state index contributed by atoms with van der Waals surface area (Å²) < 4.78 is 7.95. The zero-order valence-corrected chi connectivity index (χ0v) is 15.3. The highest BCUT2D eigenvalue weighted by molar-refractivity contribution is 5.85. The third-order valence-corrected chi connectivity index (χ3v) is 5.67. The number of imidazole rings is 1. The van der Waals surface area contributed by atoms with Crippen LogP contribution in [0.1, 0.15) is 49.9 Å². The molecule has 0 radical (unpaired) electrons. The minimum absolute atomic E-state index is 0.161. The van der Waals surface area contributed by atoms with Crippen LogP contribution in [0.15, 0.2) is 36.9 Å². The van der Waals surface area contributed by atoms with Crippen LogP contribution in [0.5, 0.6) is 0 Å². The fraction of sp³-hybridized carbons (Fsp3) is 0.550. The second-order valence-corrected chi connectivity index (χ2v) is 7.52. The summed E-state index contributed by atoms with van der Waals surface area (Å²) in [7, 11) is 0. The van der Waals surface area contributed by atoms with Gasteiger partial charge in [-0.1, -0.05) is 0 Å². The highest BCUT2D eigenvalue weighted by atomic mass is 16.5. The number of pyridine rings is 1. The molecule has 1 atom stereocenters. The average molecular weight is 354 g/mol. The number of piperidine rings is 1. The zero-order chi connectivity index (χ0) is 18.0. The third kappa shape index (κ3) is 3.38. The van der Waals surface area contributed by atoms with Crippen molar-refractivity contribution in [3.05, 3.63) is 48.3 Å². The van der Waals surface area contributed by atoms with Crippen LogP contribution in [0.2, 0.25) is 0 Å². The number of hydrogen-bond donors (Lipinski definition) is 0. The predicted octanol–water partition coefficient (Wildman–Crippen LogP) is 2.60. The van der Waals surface area contributed by atoms with Crippen molar-refractivity contribution < 1.29 is 9.53 Å². The van der Waals surface area contributed by atoms with E-state index in [4.69, 9.17) is 4.74 Å². The molecule has 26 heavy (non-hydrogen) atoms. The Hall–Kier alpha value is -2.21. The summed E-state index contributed by atoms with van der Waals surface area (Å²) in [6, 6.07) is 4.07. The molecule has 2 aromatic heterocycles. The standard InChI is InChI=1S/C20H26N4O2/c1-20(7-2-14-26-20)19(25)23-11-5-17(6-12-23)18-22-10-13-24(18)15-16-3-8-21-9-4-16/h3-4,8-10,13,17H,2,5-7,11-12,14-15H2,1H3/t20-/m1/s1. The van der Waals surface area contributed by atoms with Gasteiger partial charge < -0.3 is 14.2 Å². The van der Waals surface area contributed by atoms with Gasteiger partial charge in [0.25, 0.3) is 5.91 Å². The number of amides is 1. The molecule has 4 heterocycles. The van der Waals surface area contributed by atoms with Crippen LogP contribution < -0.4 is 0 Å². The highest BCUT2D eigenvalue weighted by Crippen LogP contribution is 2.32. The number of aromatic nitrogens is 3. The van der Waals surface area contributed by atoms with Crippen LogP contribution in [0.25, 0.3) is 0 Å². The summed E-state index contributed by atoms with van der Waals surface area (Å²) in [6.45, 7) is 5.01. The fourth-order valence-electron chi connectivity index (χ4n) is 4.12. The lowest BCUT2D eigenvalue weighted by atomic mass is 9.93.